The molecule has 3 N–H and O–H groups in total. The van der Waals surface area contributed by atoms with E-state index in [1.807, 2.05) is 23.1 Å². The van der Waals surface area contributed by atoms with Crippen LogP contribution in [0.3, 0.4) is 0 Å². The van der Waals surface area contributed by atoms with E-state index in [1.54, 1.807) is 41.3 Å². The molecule has 0 radical (unpaired) electrons. The number of para-hydroxylation sites is 1. The highest BCUT2D eigenvalue weighted by Gasteiger charge is 2.38. The standard InChI is InChI=1S/C36H41Cl2FN4O4.C2HF3O2/c37-31-11-10-29(23-32(31)38)43(17-3-16-41-18-12-26(13-19-41)22-25-6-8-28(39)9-7-25)36(46)27-14-20-42(21-15-27)34(44)24-47-33-5-2-1-4-30(33)35(40)45;3-2(4,5)1(6)7/h1-2,4-11,23,26-27H,3,12-22,24H2,(H2,40,45);(H,6,7). The smallest absolute Gasteiger partial charge is 0.483 e. The van der Waals surface area contributed by atoms with Crippen LogP contribution in [0, 0.1) is 17.7 Å². The lowest BCUT2D eigenvalue weighted by Crippen LogP contribution is -2.46. The zero-order chi connectivity index (χ0) is 39.4. The van der Waals surface area contributed by atoms with Gasteiger partial charge < -0.3 is 30.3 Å². The fraction of sp³-hybridized carbons (Fsp3) is 0.421. The molecule has 0 aliphatic carbocycles. The maximum atomic E-state index is 13.9. The molecule has 292 valence electrons. The normalized spacial score (nSPS) is 15.6. The van der Waals surface area contributed by atoms with Crippen molar-refractivity contribution in [2.45, 2.75) is 44.7 Å². The maximum absolute atomic E-state index is 13.9. The summed E-state index contributed by atoms with van der Waals surface area (Å²) in [4.78, 5) is 53.4. The molecule has 2 saturated heterocycles. The largest absolute Gasteiger partial charge is 0.490 e. The molecule has 3 aromatic rings. The van der Waals surface area contributed by atoms with E-state index in [1.165, 1.54) is 17.7 Å². The van der Waals surface area contributed by atoms with Crippen molar-refractivity contribution in [2.75, 3.05) is 50.8 Å². The van der Waals surface area contributed by atoms with Crippen molar-refractivity contribution >= 4 is 52.6 Å². The van der Waals surface area contributed by atoms with Crippen molar-refractivity contribution in [2.24, 2.45) is 17.6 Å². The van der Waals surface area contributed by atoms with Crippen LogP contribution in [0.2, 0.25) is 10.0 Å². The minimum Gasteiger partial charge on any atom is -0.483 e. The molecule has 54 heavy (non-hydrogen) atoms. The Morgan fingerprint density at radius 2 is 1.52 bits per heavy atom. The predicted molar refractivity (Wildman–Crippen MR) is 196 cm³/mol. The monoisotopic (exact) mass is 796 g/mol. The van der Waals surface area contributed by atoms with Gasteiger partial charge >= 0.3 is 12.1 Å². The first-order valence-corrected chi connectivity index (χ1v) is 18.2. The third kappa shape index (κ3) is 12.6. The first-order chi connectivity index (χ1) is 25.6. The molecule has 3 aromatic carbocycles. The van der Waals surface area contributed by atoms with Crippen LogP contribution in [0.15, 0.2) is 66.7 Å². The van der Waals surface area contributed by atoms with E-state index in [-0.39, 0.29) is 41.5 Å². The molecular formula is C38H42Cl2F4N4O6. The number of anilines is 1. The number of carbonyl (C=O) groups is 4. The van der Waals surface area contributed by atoms with E-state index in [0.29, 0.717) is 54.1 Å². The van der Waals surface area contributed by atoms with Gasteiger partial charge in [0.05, 0.1) is 15.6 Å². The zero-order valence-corrected chi connectivity index (χ0v) is 30.9. The van der Waals surface area contributed by atoms with Gasteiger partial charge in [0.2, 0.25) is 5.91 Å². The number of hydrogen-bond acceptors (Lipinski definition) is 6. The second-order valence-electron chi connectivity index (χ2n) is 13.2. The van der Waals surface area contributed by atoms with Gasteiger partial charge in [-0.05, 0) is 112 Å². The van der Waals surface area contributed by atoms with Gasteiger partial charge in [-0.2, -0.15) is 13.2 Å². The quantitative estimate of drug-likeness (QED) is 0.192. The molecule has 3 amide bonds. The van der Waals surface area contributed by atoms with Crippen molar-refractivity contribution in [3.63, 3.8) is 0 Å². The summed E-state index contributed by atoms with van der Waals surface area (Å²) in [7, 11) is 0. The SMILES string of the molecule is NC(=O)c1ccccc1OCC(=O)N1CCC(C(=O)N(CCCN2CCC(Cc3ccc(F)cc3)CC2)c2ccc(Cl)c(Cl)c2)CC1.O=C(O)C(F)(F)F. The summed E-state index contributed by atoms with van der Waals surface area (Å²) in [5.41, 5.74) is 7.52. The number of amides is 3. The molecule has 0 spiro atoms. The molecule has 2 heterocycles. The van der Waals surface area contributed by atoms with E-state index in [2.05, 4.69) is 4.90 Å². The first kappa shape index (κ1) is 42.3. The van der Waals surface area contributed by atoms with Crippen molar-refractivity contribution in [3.8, 4) is 5.75 Å². The zero-order valence-electron chi connectivity index (χ0n) is 29.4. The van der Waals surface area contributed by atoms with E-state index in [0.717, 1.165) is 45.3 Å². The van der Waals surface area contributed by atoms with E-state index < -0.39 is 18.1 Å². The number of carbonyl (C=O) groups excluding carboxylic acids is 3. The van der Waals surface area contributed by atoms with Gasteiger partial charge in [-0.1, -0.05) is 47.5 Å². The number of ether oxygens (including phenoxy) is 1. The summed E-state index contributed by atoms with van der Waals surface area (Å²) in [6, 6.07) is 18.6. The van der Waals surface area contributed by atoms with Crippen LogP contribution in [-0.4, -0.2) is 90.6 Å². The summed E-state index contributed by atoms with van der Waals surface area (Å²) >= 11 is 12.6. The number of nitrogens with two attached hydrogens (primary N) is 1. The molecule has 16 heteroatoms. The molecule has 2 aliphatic heterocycles. The van der Waals surface area contributed by atoms with Gasteiger partial charge in [0.1, 0.15) is 11.6 Å². The number of aliphatic carboxylic acids is 1. The number of hydrogen-bond donors (Lipinski definition) is 2. The van der Waals surface area contributed by atoms with E-state index in [9.17, 15) is 31.9 Å². The number of alkyl halides is 3. The number of halogens is 6. The number of carboxylic acids is 1. The average Bonchev–Trinajstić information content (AvgIpc) is 3.15. The van der Waals surface area contributed by atoms with Crippen molar-refractivity contribution in [1.29, 1.82) is 0 Å². The number of likely N-dealkylation sites (tertiary alicyclic amines) is 2. The minimum absolute atomic E-state index is 0.0140. The Bertz CT molecular complexity index is 1750. The number of piperidine rings is 2. The molecule has 0 unspecified atom stereocenters. The lowest BCUT2D eigenvalue weighted by molar-refractivity contribution is -0.192. The average molecular weight is 798 g/mol. The van der Waals surface area contributed by atoms with Crippen LogP contribution in [0.25, 0.3) is 0 Å². The van der Waals surface area contributed by atoms with Gasteiger partial charge in [0.25, 0.3) is 11.8 Å². The van der Waals surface area contributed by atoms with Crippen LogP contribution < -0.4 is 15.4 Å². The molecule has 0 atom stereocenters. The van der Waals surface area contributed by atoms with E-state index in [4.69, 9.17) is 43.6 Å². The molecule has 0 bridgehead atoms. The van der Waals surface area contributed by atoms with Gasteiger partial charge in [-0.15, -0.1) is 0 Å². The van der Waals surface area contributed by atoms with Crippen LogP contribution in [0.5, 0.6) is 5.75 Å². The van der Waals surface area contributed by atoms with Crippen LogP contribution in [0.4, 0.5) is 23.2 Å². The summed E-state index contributed by atoms with van der Waals surface area (Å²) in [6.45, 7) is 4.05. The van der Waals surface area contributed by atoms with Gasteiger partial charge in [0, 0.05) is 31.2 Å². The summed E-state index contributed by atoms with van der Waals surface area (Å²) in [5, 5.41) is 7.95. The van der Waals surface area contributed by atoms with Crippen LogP contribution in [0.1, 0.15) is 48.0 Å². The summed E-state index contributed by atoms with van der Waals surface area (Å²) in [5.74, 6) is -3.17. The van der Waals surface area contributed by atoms with Crippen molar-refractivity contribution in [1.82, 2.24) is 9.80 Å². The van der Waals surface area contributed by atoms with E-state index >= 15 is 0 Å². The second-order valence-corrected chi connectivity index (χ2v) is 14.0. The number of primary amides is 1. The van der Waals surface area contributed by atoms with Gasteiger partial charge in [-0.25, -0.2) is 9.18 Å². The molecule has 0 aromatic heterocycles. The number of carboxylic acid groups (broad SMARTS) is 1. The fourth-order valence-corrected chi connectivity index (χ4v) is 6.76. The molecular weight excluding hydrogens is 755 g/mol. The first-order valence-electron chi connectivity index (χ1n) is 17.4. The highest BCUT2D eigenvalue weighted by molar-refractivity contribution is 6.42. The van der Waals surface area contributed by atoms with Crippen molar-refractivity contribution < 1.29 is 46.6 Å². The predicted octanol–water partition coefficient (Wildman–Crippen LogP) is 6.86. The Kier molecular flexibility index (Phi) is 15.5. The molecule has 10 nitrogen and oxygen atoms in total. The summed E-state index contributed by atoms with van der Waals surface area (Å²) < 4.78 is 50.6. The third-order valence-electron chi connectivity index (χ3n) is 9.42. The highest BCUT2D eigenvalue weighted by atomic mass is 35.5. The Labute approximate surface area is 320 Å². The molecule has 0 saturated carbocycles. The number of nitrogens with zero attached hydrogens (tertiary/aromatic N) is 3. The minimum atomic E-state index is -5.08. The lowest BCUT2D eigenvalue weighted by atomic mass is 9.90. The fourth-order valence-electron chi connectivity index (χ4n) is 6.46. The van der Waals surface area contributed by atoms with Gasteiger partial charge in [0.15, 0.2) is 6.61 Å². The van der Waals surface area contributed by atoms with Gasteiger partial charge in [-0.3, -0.25) is 14.4 Å². The molecule has 2 fully saturated rings. The maximum Gasteiger partial charge on any atom is 0.490 e. The Morgan fingerprint density at radius 3 is 2.11 bits per heavy atom. The molecule has 2 aliphatic rings. The Morgan fingerprint density at radius 1 is 0.889 bits per heavy atom. The number of benzene rings is 3. The Hall–Kier alpha value is -4.40. The summed E-state index contributed by atoms with van der Waals surface area (Å²) in [6.07, 6.45) is -0.0756. The Balaban J connectivity index is 0.000000845. The van der Waals surface area contributed by atoms with Crippen LogP contribution >= 0.6 is 23.2 Å². The second kappa shape index (κ2) is 19.8. The third-order valence-corrected chi connectivity index (χ3v) is 10.2. The topological polar surface area (TPSA) is 133 Å². The van der Waals surface area contributed by atoms with Crippen LogP contribution in [-0.2, 0) is 20.8 Å². The molecule has 5 rings (SSSR count). The highest BCUT2D eigenvalue weighted by Crippen LogP contribution is 2.30. The number of rotatable bonds is 12. The van der Waals surface area contributed by atoms with Crippen molar-refractivity contribution in [3.05, 3.63) is 93.7 Å². The lowest BCUT2D eigenvalue weighted by Gasteiger charge is -2.35.